The lowest BCUT2D eigenvalue weighted by Crippen LogP contribution is -2.31. The minimum atomic E-state index is -0.352. The quantitative estimate of drug-likeness (QED) is 0.769. The van der Waals surface area contributed by atoms with Crippen LogP contribution in [0.25, 0.3) is 5.65 Å². The zero-order valence-corrected chi connectivity index (χ0v) is 11.4. The van der Waals surface area contributed by atoms with Crippen molar-refractivity contribution in [1.82, 2.24) is 24.9 Å². The number of anilines is 1. The van der Waals surface area contributed by atoms with E-state index in [0.29, 0.717) is 5.65 Å². The normalized spacial score (nSPS) is 12.0. The number of urea groups is 1. The molecule has 2 N–H and O–H groups in total. The zero-order valence-electron chi connectivity index (χ0n) is 11.4. The van der Waals surface area contributed by atoms with Gasteiger partial charge in [-0.05, 0) is 36.8 Å². The van der Waals surface area contributed by atoms with Gasteiger partial charge in [0.2, 0.25) is 0 Å². The first kappa shape index (κ1) is 13.0. The molecule has 3 heterocycles. The molecule has 0 bridgehead atoms. The highest BCUT2D eigenvalue weighted by molar-refractivity contribution is 5.87. The third kappa shape index (κ3) is 2.97. The second kappa shape index (κ2) is 5.58. The molecule has 106 valence electrons. The molecule has 0 fully saturated rings. The Morgan fingerprint density at radius 2 is 2.05 bits per heavy atom. The van der Waals surface area contributed by atoms with Gasteiger partial charge in [0.05, 0.1) is 6.04 Å². The minimum Gasteiger partial charge on any atom is -0.331 e. The molecule has 7 heteroatoms. The van der Waals surface area contributed by atoms with E-state index in [9.17, 15) is 4.79 Å². The van der Waals surface area contributed by atoms with E-state index in [1.165, 1.54) is 0 Å². The molecular formula is C14H14N6O. The van der Waals surface area contributed by atoms with Gasteiger partial charge < -0.3 is 5.32 Å². The third-order valence-electron chi connectivity index (χ3n) is 3.02. The molecular weight excluding hydrogens is 268 g/mol. The molecule has 0 spiro atoms. The average Bonchev–Trinajstić information content (AvgIpc) is 2.90. The van der Waals surface area contributed by atoms with Gasteiger partial charge in [0.25, 0.3) is 5.95 Å². The topological polar surface area (TPSA) is 84.2 Å². The van der Waals surface area contributed by atoms with Crippen molar-refractivity contribution in [3.05, 3.63) is 54.5 Å². The smallest absolute Gasteiger partial charge is 0.322 e. The molecule has 1 atom stereocenters. The van der Waals surface area contributed by atoms with E-state index in [1.54, 1.807) is 23.1 Å². The predicted octanol–water partition coefficient (Wildman–Crippen LogP) is 2.01. The number of hydrogen-bond donors (Lipinski definition) is 2. The maximum Gasteiger partial charge on any atom is 0.322 e. The molecule has 3 aromatic rings. The van der Waals surface area contributed by atoms with Gasteiger partial charge in [0, 0.05) is 18.6 Å². The highest BCUT2D eigenvalue weighted by atomic mass is 16.2. The minimum absolute atomic E-state index is 0.134. The van der Waals surface area contributed by atoms with Crippen LogP contribution in [-0.4, -0.2) is 25.6 Å². The lowest BCUT2D eigenvalue weighted by molar-refractivity contribution is 0.249. The van der Waals surface area contributed by atoms with Gasteiger partial charge in [-0.15, -0.1) is 5.10 Å². The van der Waals surface area contributed by atoms with Crippen molar-refractivity contribution in [3.8, 4) is 0 Å². The number of nitrogens with one attached hydrogen (secondary N) is 2. The molecule has 3 aromatic heterocycles. The Balaban J connectivity index is 1.66. The Morgan fingerprint density at radius 3 is 2.81 bits per heavy atom. The second-order valence-corrected chi connectivity index (χ2v) is 4.54. The van der Waals surface area contributed by atoms with Crippen LogP contribution in [0.3, 0.4) is 0 Å². The average molecular weight is 282 g/mol. The lowest BCUT2D eigenvalue weighted by atomic mass is 10.1. The molecule has 3 rings (SSSR count). The molecule has 0 saturated carbocycles. The van der Waals surface area contributed by atoms with Gasteiger partial charge in [-0.1, -0.05) is 6.07 Å². The van der Waals surface area contributed by atoms with Gasteiger partial charge in [-0.3, -0.25) is 10.3 Å². The van der Waals surface area contributed by atoms with Crippen LogP contribution in [0.1, 0.15) is 18.5 Å². The van der Waals surface area contributed by atoms with Crippen molar-refractivity contribution in [2.24, 2.45) is 0 Å². The standard InChI is InChI=1S/C14H14N6O/c1-10(11-5-7-15-8-6-11)16-14(21)18-13-17-12-4-2-3-9-20(12)19-13/h2-10H,1H3,(H2,16,18,19,21)/t10-/m0/s1. The fourth-order valence-corrected chi connectivity index (χ4v) is 1.95. The third-order valence-corrected chi connectivity index (χ3v) is 3.02. The van der Waals surface area contributed by atoms with E-state index < -0.39 is 0 Å². The molecule has 0 aliphatic carbocycles. The van der Waals surface area contributed by atoms with E-state index >= 15 is 0 Å². The number of amides is 2. The van der Waals surface area contributed by atoms with Gasteiger partial charge >= 0.3 is 6.03 Å². The molecule has 0 aromatic carbocycles. The van der Waals surface area contributed by atoms with Crippen LogP contribution in [0.4, 0.5) is 10.7 Å². The Kier molecular flexibility index (Phi) is 3.46. The first-order valence-electron chi connectivity index (χ1n) is 6.51. The van der Waals surface area contributed by atoms with Crippen molar-refractivity contribution in [2.45, 2.75) is 13.0 Å². The summed E-state index contributed by atoms with van der Waals surface area (Å²) in [5, 5.41) is 9.60. The number of carbonyl (C=O) groups excluding carboxylic acids is 1. The van der Waals surface area contributed by atoms with Crippen LogP contribution in [0.15, 0.2) is 48.9 Å². The highest BCUT2D eigenvalue weighted by Gasteiger charge is 2.11. The Morgan fingerprint density at radius 1 is 1.24 bits per heavy atom. The number of fused-ring (bicyclic) bond motifs is 1. The summed E-state index contributed by atoms with van der Waals surface area (Å²) in [5.41, 5.74) is 1.65. The van der Waals surface area contributed by atoms with Crippen molar-refractivity contribution in [2.75, 3.05) is 5.32 Å². The van der Waals surface area contributed by atoms with Crippen molar-refractivity contribution in [3.63, 3.8) is 0 Å². The summed E-state index contributed by atoms with van der Waals surface area (Å²) in [6.45, 7) is 1.89. The van der Waals surface area contributed by atoms with E-state index in [0.717, 1.165) is 5.56 Å². The number of nitrogens with zero attached hydrogens (tertiary/aromatic N) is 4. The van der Waals surface area contributed by atoms with Gasteiger partial charge in [0.15, 0.2) is 5.65 Å². The number of hydrogen-bond acceptors (Lipinski definition) is 4. The van der Waals surface area contributed by atoms with E-state index in [4.69, 9.17) is 0 Å². The Hall–Kier alpha value is -2.96. The molecule has 0 aliphatic rings. The molecule has 0 radical (unpaired) electrons. The van der Waals surface area contributed by atoms with E-state index in [2.05, 4.69) is 25.7 Å². The van der Waals surface area contributed by atoms with Crippen molar-refractivity contribution < 1.29 is 4.79 Å². The van der Waals surface area contributed by atoms with Gasteiger partial charge in [-0.2, -0.15) is 4.98 Å². The van der Waals surface area contributed by atoms with Gasteiger partial charge in [-0.25, -0.2) is 9.31 Å². The highest BCUT2D eigenvalue weighted by Crippen LogP contribution is 2.10. The molecule has 0 saturated heterocycles. The summed E-state index contributed by atoms with van der Waals surface area (Å²) in [6, 6.07) is 8.74. The summed E-state index contributed by atoms with van der Waals surface area (Å²) >= 11 is 0. The maximum atomic E-state index is 11.9. The monoisotopic (exact) mass is 282 g/mol. The van der Waals surface area contributed by atoms with Crippen LogP contribution in [0.2, 0.25) is 0 Å². The first-order valence-corrected chi connectivity index (χ1v) is 6.51. The van der Waals surface area contributed by atoms with Crippen LogP contribution < -0.4 is 10.6 Å². The van der Waals surface area contributed by atoms with Crippen LogP contribution >= 0.6 is 0 Å². The molecule has 7 nitrogen and oxygen atoms in total. The van der Waals surface area contributed by atoms with Crippen LogP contribution in [0, 0.1) is 0 Å². The molecule has 0 aliphatic heterocycles. The van der Waals surface area contributed by atoms with E-state index in [-0.39, 0.29) is 18.0 Å². The predicted molar refractivity (Wildman–Crippen MR) is 77.8 cm³/mol. The summed E-state index contributed by atoms with van der Waals surface area (Å²) in [5.74, 6) is 0.264. The first-order chi connectivity index (χ1) is 10.2. The van der Waals surface area contributed by atoms with Crippen LogP contribution in [-0.2, 0) is 0 Å². The Bertz CT molecular complexity index is 721. The zero-order chi connectivity index (χ0) is 14.7. The lowest BCUT2D eigenvalue weighted by Gasteiger charge is -2.13. The summed E-state index contributed by atoms with van der Waals surface area (Å²) in [6.07, 6.45) is 5.15. The number of aromatic nitrogens is 4. The van der Waals surface area contributed by atoms with Crippen molar-refractivity contribution in [1.29, 1.82) is 0 Å². The van der Waals surface area contributed by atoms with Gasteiger partial charge in [0.1, 0.15) is 0 Å². The van der Waals surface area contributed by atoms with E-state index in [1.807, 2.05) is 37.3 Å². The summed E-state index contributed by atoms with van der Waals surface area (Å²) < 4.78 is 1.60. The number of carbonyl (C=O) groups is 1. The Labute approximate surface area is 121 Å². The maximum absolute atomic E-state index is 11.9. The number of rotatable bonds is 3. The number of pyridine rings is 2. The SMILES string of the molecule is C[C@H](NC(=O)Nc1nc2ccccn2n1)c1ccncc1. The van der Waals surface area contributed by atoms with Crippen LogP contribution in [0.5, 0.6) is 0 Å². The molecule has 21 heavy (non-hydrogen) atoms. The fourth-order valence-electron chi connectivity index (χ4n) is 1.95. The van der Waals surface area contributed by atoms with Crippen molar-refractivity contribution >= 4 is 17.6 Å². The summed E-state index contributed by atoms with van der Waals surface area (Å²) in [4.78, 5) is 20.1. The second-order valence-electron chi connectivity index (χ2n) is 4.54. The summed E-state index contributed by atoms with van der Waals surface area (Å²) in [7, 11) is 0. The molecule has 0 unspecified atom stereocenters. The largest absolute Gasteiger partial charge is 0.331 e. The fraction of sp³-hybridized carbons (Fsp3) is 0.143. The molecule has 2 amide bonds.